The number of hydrogen-bond donors (Lipinski definition) is 3. The maximum atomic E-state index is 12.3. The van der Waals surface area contributed by atoms with Crippen LogP contribution in [0.25, 0.3) is 16.9 Å². The van der Waals surface area contributed by atoms with Gasteiger partial charge in [0.2, 0.25) is 0 Å². The first-order valence-electron chi connectivity index (χ1n) is 10.2. The van der Waals surface area contributed by atoms with Crippen molar-refractivity contribution in [2.45, 2.75) is 26.3 Å². The number of halogens is 3. The third-order valence-corrected chi connectivity index (χ3v) is 5.53. The summed E-state index contributed by atoms with van der Waals surface area (Å²) in [6.07, 6.45) is -0.915. The van der Waals surface area contributed by atoms with Crippen molar-refractivity contribution in [3.8, 4) is 11.3 Å². The van der Waals surface area contributed by atoms with E-state index in [0.29, 0.717) is 24.5 Å². The number of carbonyl (C=O) groups is 1. The molecular weight excluding hydrogens is 469 g/mol. The van der Waals surface area contributed by atoms with Gasteiger partial charge in [-0.2, -0.15) is 18.7 Å². The first-order valence-corrected chi connectivity index (χ1v) is 11.1. The van der Waals surface area contributed by atoms with Crippen molar-refractivity contribution in [1.82, 2.24) is 25.2 Å². The number of hydrogen-bond acceptors (Lipinski definition) is 6. The molecule has 0 fully saturated rings. The summed E-state index contributed by atoms with van der Waals surface area (Å²) in [5.41, 5.74) is 7.35. The molecule has 0 unspecified atom stereocenters. The molecule has 0 radical (unpaired) electrons. The number of amides is 2. The van der Waals surface area contributed by atoms with E-state index in [9.17, 15) is 18.0 Å². The molecule has 8 nitrogen and oxygen atoms in total. The summed E-state index contributed by atoms with van der Waals surface area (Å²) in [4.78, 5) is 26.0. The molecule has 4 aromatic rings. The molecule has 34 heavy (non-hydrogen) atoms. The Bertz CT molecular complexity index is 1290. The van der Waals surface area contributed by atoms with Gasteiger partial charge in [-0.3, -0.25) is 9.24 Å². The molecule has 3 N–H and O–H groups in total. The van der Waals surface area contributed by atoms with E-state index in [4.69, 9.17) is 4.84 Å². The molecule has 178 valence electrons. The second kappa shape index (κ2) is 10.2. The summed E-state index contributed by atoms with van der Waals surface area (Å²) in [5, 5.41) is 7.13. The van der Waals surface area contributed by atoms with Crippen molar-refractivity contribution in [2.75, 3.05) is 11.9 Å². The molecule has 0 atom stereocenters. The van der Waals surface area contributed by atoms with Gasteiger partial charge in [-0.15, -0.1) is 11.3 Å². The molecule has 12 heteroatoms. The fourth-order valence-electron chi connectivity index (χ4n) is 3.19. The maximum Gasteiger partial charge on any atom is 0.405 e. The van der Waals surface area contributed by atoms with Crippen LogP contribution in [0.15, 0.2) is 54.2 Å². The van der Waals surface area contributed by atoms with Gasteiger partial charge in [0.15, 0.2) is 0 Å². The van der Waals surface area contributed by atoms with Crippen molar-refractivity contribution in [1.29, 1.82) is 0 Å². The third-order valence-electron chi connectivity index (χ3n) is 4.71. The number of aromatic nitrogens is 3. The highest BCUT2D eigenvalue weighted by molar-refractivity contribution is 7.09. The number of imidazole rings is 1. The average molecular weight is 491 g/mol. The number of hydroxylamine groups is 1. The van der Waals surface area contributed by atoms with E-state index in [1.807, 2.05) is 41.1 Å². The van der Waals surface area contributed by atoms with Crippen LogP contribution in [-0.4, -0.2) is 33.1 Å². The van der Waals surface area contributed by atoms with Crippen LogP contribution in [0.4, 0.5) is 23.7 Å². The van der Waals surface area contributed by atoms with Crippen LogP contribution in [0.5, 0.6) is 0 Å². The van der Waals surface area contributed by atoms with Gasteiger partial charge in [0.1, 0.15) is 18.8 Å². The van der Waals surface area contributed by atoms with Crippen LogP contribution in [0, 0.1) is 6.92 Å². The molecule has 0 saturated heterocycles. The molecule has 0 bridgehead atoms. The van der Waals surface area contributed by atoms with Gasteiger partial charge in [-0.05, 0) is 36.8 Å². The second-order valence-electron chi connectivity index (χ2n) is 7.38. The van der Waals surface area contributed by atoms with Crippen molar-refractivity contribution >= 4 is 28.7 Å². The largest absolute Gasteiger partial charge is 0.405 e. The fraction of sp³-hybridized carbons (Fsp3) is 0.227. The average Bonchev–Trinajstić information content (AvgIpc) is 3.40. The number of anilines is 1. The Balaban J connectivity index is 1.38. The van der Waals surface area contributed by atoms with Gasteiger partial charge in [0, 0.05) is 29.4 Å². The molecule has 0 saturated carbocycles. The van der Waals surface area contributed by atoms with Crippen molar-refractivity contribution in [3.63, 3.8) is 0 Å². The Kier molecular flexibility index (Phi) is 7.10. The Labute approximate surface area is 196 Å². The Morgan fingerprint density at radius 1 is 1.24 bits per heavy atom. The minimum atomic E-state index is -4.48. The normalized spacial score (nSPS) is 11.6. The van der Waals surface area contributed by atoms with E-state index in [1.165, 1.54) is 0 Å². The SMILES string of the molecule is Cc1nc(CONCc2ccn3c(-c4cccc(NC(=O)NCC(F)(F)F)c4)cnc3c2)cs1. The number of thiazole rings is 1. The minimum Gasteiger partial charge on any atom is -0.329 e. The zero-order valence-corrected chi connectivity index (χ0v) is 18.8. The summed E-state index contributed by atoms with van der Waals surface area (Å²) in [6, 6.07) is 9.70. The van der Waals surface area contributed by atoms with Crippen molar-refractivity contribution < 1.29 is 22.8 Å². The number of fused-ring (bicyclic) bond motifs is 1. The lowest BCUT2D eigenvalue weighted by molar-refractivity contribution is -0.122. The summed E-state index contributed by atoms with van der Waals surface area (Å²) in [7, 11) is 0. The summed E-state index contributed by atoms with van der Waals surface area (Å²) < 4.78 is 38.7. The van der Waals surface area contributed by atoms with Crippen molar-refractivity contribution in [3.05, 3.63) is 70.4 Å². The standard InChI is InChI=1S/C22H21F3N6O2S/c1-14-29-18(12-34-14)11-33-28-9-15-5-6-31-19(10-26-20(31)7-15)16-3-2-4-17(8-16)30-21(32)27-13-22(23,24)25/h2-8,10,12,28H,9,11,13H2,1H3,(H2,27,30,32). The van der Waals surface area contributed by atoms with E-state index in [0.717, 1.165) is 27.5 Å². The van der Waals surface area contributed by atoms with E-state index in [1.54, 1.807) is 41.0 Å². The topological polar surface area (TPSA) is 92.6 Å². The molecular formula is C22H21F3N6O2S. The first kappa shape index (κ1) is 23.7. The quantitative estimate of drug-likeness (QED) is 0.247. The molecule has 4 rings (SSSR count). The number of nitrogens with zero attached hydrogens (tertiary/aromatic N) is 3. The molecule has 0 aliphatic rings. The van der Waals surface area contributed by atoms with Crippen LogP contribution in [-0.2, 0) is 18.0 Å². The lowest BCUT2D eigenvalue weighted by atomic mass is 10.1. The van der Waals surface area contributed by atoms with Crippen LogP contribution < -0.4 is 16.1 Å². The monoisotopic (exact) mass is 490 g/mol. The summed E-state index contributed by atoms with van der Waals surface area (Å²) >= 11 is 1.57. The van der Waals surface area contributed by atoms with Crippen LogP contribution in [0.3, 0.4) is 0 Å². The summed E-state index contributed by atoms with van der Waals surface area (Å²) in [6.45, 7) is 1.39. The van der Waals surface area contributed by atoms with Gasteiger partial charge >= 0.3 is 12.2 Å². The zero-order chi connectivity index (χ0) is 24.1. The van der Waals surface area contributed by atoms with Crippen LogP contribution in [0.1, 0.15) is 16.3 Å². The highest BCUT2D eigenvalue weighted by atomic mass is 32.1. The van der Waals surface area contributed by atoms with Crippen molar-refractivity contribution in [2.24, 2.45) is 0 Å². The number of pyridine rings is 1. The smallest absolute Gasteiger partial charge is 0.329 e. The van der Waals surface area contributed by atoms with Gasteiger partial charge in [0.25, 0.3) is 0 Å². The Morgan fingerprint density at radius 2 is 2.09 bits per heavy atom. The number of urea groups is 1. The predicted octanol–water partition coefficient (Wildman–Crippen LogP) is 4.67. The van der Waals surface area contributed by atoms with Crippen LogP contribution >= 0.6 is 11.3 Å². The van der Waals surface area contributed by atoms with E-state index < -0.39 is 18.8 Å². The lowest BCUT2D eigenvalue weighted by Crippen LogP contribution is -2.36. The summed E-state index contributed by atoms with van der Waals surface area (Å²) in [5.74, 6) is 0. The highest BCUT2D eigenvalue weighted by Gasteiger charge is 2.27. The number of nitrogens with one attached hydrogen (secondary N) is 3. The van der Waals surface area contributed by atoms with E-state index >= 15 is 0 Å². The van der Waals surface area contributed by atoms with Gasteiger partial charge in [-0.25, -0.2) is 14.8 Å². The number of carbonyl (C=O) groups excluding carboxylic acids is 1. The third kappa shape index (κ3) is 6.31. The molecule has 0 spiro atoms. The van der Waals surface area contributed by atoms with Gasteiger partial charge in [-0.1, -0.05) is 12.1 Å². The van der Waals surface area contributed by atoms with Gasteiger partial charge in [0.05, 0.1) is 22.6 Å². The van der Waals surface area contributed by atoms with E-state index in [-0.39, 0.29) is 0 Å². The predicted molar refractivity (Wildman–Crippen MR) is 122 cm³/mol. The molecule has 3 aromatic heterocycles. The molecule has 1 aromatic carbocycles. The molecule has 0 aliphatic heterocycles. The maximum absolute atomic E-state index is 12.3. The molecule has 2 amide bonds. The first-order chi connectivity index (χ1) is 16.3. The molecule has 0 aliphatic carbocycles. The van der Waals surface area contributed by atoms with E-state index in [2.05, 4.69) is 20.8 Å². The minimum absolute atomic E-state index is 0.361. The second-order valence-corrected chi connectivity index (χ2v) is 8.44. The highest BCUT2D eigenvalue weighted by Crippen LogP contribution is 2.24. The van der Waals surface area contributed by atoms with Crippen LogP contribution in [0.2, 0.25) is 0 Å². The number of benzene rings is 1. The zero-order valence-electron chi connectivity index (χ0n) is 18.0. The van der Waals surface area contributed by atoms with Gasteiger partial charge < -0.3 is 10.6 Å². The molecule has 3 heterocycles. The number of rotatable bonds is 8. The lowest BCUT2D eigenvalue weighted by Gasteiger charge is -2.11. The Morgan fingerprint density at radius 3 is 2.85 bits per heavy atom. The fourth-order valence-corrected chi connectivity index (χ4v) is 3.79. The number of alkyl halides is 3. The number of aryl methyl sites for hydroxylation is 1. The Hall–Kier alpha value is -3.48.